The Balaban J connectivity index is 1.78. The summed E-state index contributed by atoms with van der Waals surface area (Å²) in [6, 6.07) is 9.23. The average Bonchev–Trinajstić information content (AvgIpc) is 3.17. The number of hydrogen-bond donors (Lipinski definition) is 0. The van der Waals surface area contributed by atoms with Crippen molar-refractivity contribution in [2.45, 2.75) is 19.8 Å². The van der Waals surface area contributed by atoms with Crippen molar-refractivity contribution in [2.75, 3.05) is 19.6 Å². The van der Waals surface area contributed by atoms with Crippen molar-refractivity contribution in [3.05, 3.63) is 58.9 Å². The largest absolute Gasteiger partial charge is 0.347 e. The molecule has 4 nitrogen and oxygen atoms in total. The fourth-order valence-corrected chi connectivity index (χ4v) is 3.06. The predicted octanol–water partition coefficient (Wildman–Crippen LogP) is 2.84. The number of hydrogen-bond acceptors (Lipinski definition) is 3. The van der Waals surface area contributed by atoms with Crippen LogP contribution in [0.25, 0.3) is 0 Å². The van der Waals surface area contributed by atoms with E-state index in [-0.39, 0.29) is 11.6 Å². The lowest BCUT2D eigenvalue weighted by Gasteiger charge is -2.13. The molecular formula is C19H22N2O2. The van der Waals surface area contributed by atoms with Crippen molar-refractivity contribution in [1.82, 2.24) is 9.47 Å². The number of ketones is 2. The van der Waals surface area contributed by atoms with Gasteiger partial charge >= 0.3 is 0 Å². The molecule has 0 spiro atoms. The summed E-state index contributed by atoms with van der Waals surface area (Å²) in [7, 11) is 1.82. The van der Waals surface area contributed by atoms with Gasteiger partial charge in [0.2, 0.25) is 0 Å². The van der Waals surface area contributed by atoms with Gasteiger partial charge in [-0.2, -0.15) is 0 Å². The second-order valence-corrected chi connectivity index (χ2v) is 6.33. The highest BCUT2D eigenvalue weighted by molar-refractivity contribution is 6.10. The third-order valence-corrected chi connectivity index (χ3v) is 4.43. The number of aromatic nitrogens is 1. The first-order valence-electron chi connectivity index (χ1n) is 8.08. The predicted molar refractivity (Wildman–Crippen MR) is 90.0 cm³/mol. The number of rotatable bonds is 5. The molecule has 0 bridgehead atoms. The van der Waals surface area contributed by atoms with E-state index in [0.29, 0.717) is 23.4 Å². The normalized spacial score (nSPS) is 15.0. The standard InChI is InChI=1S/C19H22N2O2/c1-14-5-7-15(8-6-14)19(23)16-11-17(20(2)12-16)18(22)13-21-9-3-4-10-21/h5-8,11-12H,3-4,9-10,13H2,1-2H3. The Labute approximate surface area is 136 Å². The van der Waals surface area contributed by atoms with Crippen LogP contribution in [0, 0.1) is 6.92 Å². The van der Waals surface area contributed by atoms with Gasteiger partial charge in [0.05, 0.1) is 12.2 Å². The van der Waals surface area contributed by atoms with Crippen LogP contribution in [-0.2, 0) is 7.05 Å². The van der Waals surface area contributed by atoms with Gasteiger partial charge in [-0.25, -0.2) is 0 Å². The molecule has 1 aromatic carbocycles. The second-order valence-electron chi connectivity index (χ2n) is 6.33. The highest BCUT2D eigenvalue weighted by Gasteiger charge is 2.20. The van der Waals surface area contributed by atoms with Crippen LogP contribution in [0.4, 0.5) is 0 Å². The molecule has 0 unspecified atom stereocenters. The smallest absolute Gasteiger partial charge is 0.194 e. The summed E-state index contributed by atoms with van der Waals surface area (Å²) in [6.45, 7) is 4.42. The van der Waals surface area contributed by atoms with E-state index in [2.05, 4.69) is 4.90 Å². The summed E-state index contributed by atoms with van der Waals surface area (Å²) in [5.74, 6) is 0.0400. The Morgan fingerprint density at radius 2 is 1.70 bits per heavy atom. The zero-order chi connectivity index (χ0) is 16.4. The molecule has 1 aliphatic heterocycles. The van der Waals surface area contributed by atoms with Crippen LogP contribution in [0.15, 0.2) is 36.5 Å². The average molecular weight is 310 g/mol. The molecule has 1 saturated heterocycles. The van der Waals surface area contributed by atoms with E-state index in [1.54, 1.807) is 16.8 Å². The van der Waals surface area contributed by atoms with Gasteiger partial charge in [-0.05, 0) is 38.9 Å². The first-order valence-corrected chi connectivity index (χ1v) is 8.08. The summed E-state index contributed by atoms with van der Waals surface area (Å²) in [5.41, 5.74) is 2.95. The molecule has 0 saturated carbocycles. The maximum atomic E-state index is 12.6. The van der Waals surface area contributed by atoms with E-state index in [1.807, 2.05) is 38.2 Å². The van der Waals surface area contributed by atoms with E-state index < -0.39 is 0 Å². The number of benzene rings is 1. The van der Waals surface area contributed by atoms with Gasteiger partial charge in [0, 0.05) is 24.4 Å². The number of carbonyl (C=O) groups excluding carboxylic acids is 2. The van der Waals surface area contributed by atoms with E-state index in [0.717, 1.165) is 31.5 Å². The quantitative estimate of drug-likeness (QED) is 0.798. The van der Waals surface area contributed by atoms with Crippen LogP contribution >= 0.6 is 0 Å². The Morgan fingerprint density at radius 3 is 2.35 bits per heavy atom. The number of aryl methyl sites for hydroxylation is 2. The molecule has 120 valence electrons. The molecule has 0 atom stereocenters. The topological polar surface area (TPSA) is 42.3 Å². The highest BCUT2D eigenvalue weighted by atomic mass is 16.1. The maximum absolute atomic E-state index is 12.6. The zero-order valence-electron chi connectivity index (χ0n) is 13.7. The van der Waals surface area contributed by atoms with Gasteiger partial charge < -0.3 is 4.57 Å². The van der Waals surface area contributed by atoms with Gasteiger partial charge in [-0.3, -0.25) is 14.5 Å². The van der Waals surface area contributed by atoms with E-state index in [9.17, 15) is 9.59 Å². The Bertz CT molecular complexity index is 722. The minimum Gasteiger partial charge on any atom is -0.347 e. The first kappa shape index (κ1) is 15.7. The fourth-order valence-electron chi connectivity index (χ4n) is 3.06. The monoisotopic (exact) mass is 310 g/mol. The summed E-state index contributed by atoms with van der Waals surface area (Å²) >= 11 is 0. The molecule has 4 heteroatoms. The van der Waals surface area contributed by atoms with Gasteiger partial charge in [-0.1, -0.05) is 29.8 Å². The van der Waals surface area contributed by atoms with Gasteiger partial charge in [0.15, 0.2) is 11.6 Å². The number of Topliss-reactive ketones (excluding diaryl/α,β-unsaturated/α-hetero) is 1. The number of likely N-dealkylation sites (tertiary alicyclic amines) is 1. The summed E-state index contributed by atoms with van der Waals surface area (Å²) in [6.07, 6.45) is 4.08. The molecule has 3 rings (SSSR count). The van der Waals surface area contributed by atoms with Gasteiger partial charge in [0.1, 0.15) is 0 Å². The van der Waals surface area contributed by atoms with Crippen molar-refractivity contribution in [3.63, 3.8) is 0 Å². The molecule has 23 heavy (non-hydrogen) atoms. The lowest BCUT2D eigenvalue weighted by molar-refractivity contribution is 0.0937. The second kappa shape index (κ2) is 6.50. The minimum absolute atomic E-state index is 0.0409. The summed E-state index contributed by atoms with van der Waals surface area (Å²) in [4.78, 5) is 27.2. The van der Waals surface area contributed by atoms with Crippen molar-refractivity contribution >= 4 is 11.6 Å². The minimum atomic E-state index is -0.0409. The molecular weight excluding hydrogens is 288 g/mol. The van der Waals surface area contributed by atoms with Crippen molar-refractivity contribution in [1.29, 1.82) is 0 Å². The molecule has 0 radical (unpaired) electrons. The molecule has 2 aromatic rings. The van der Waals surface area contributed by atoms with Crippen LogP contribution in [-0.4, -0.2) is 40.7 Å². The Morgan fingerprint density at radius 1 is 1.04 bits per heavy atom. The maximum Gasteiger partial charge on any atom is 0.194 e. The Kier molecular flexibility index (Phi) is 4.44. The third kappa shape index (κ3) is 3.42. The lowest BCUT2D eigenvalue weighted by Crippen LogP contribution is -2.27. The van der Waals surface area contributed by atoms with E-state index in [4.69, 9.17) is 0 Å². The summed E-state index contributed by atoms with van der Waals surface area (Å²) in [5, 5.41) is 0. The molecule has 2 heterocycles. The zero-order valence-corrected chi connectivity index (χ0v) is 13.7. The van der Waals surface area contributed by atoms with Crippen LogP contribution in [0.5, 0.6) is 0 Å². The molecule has 0 N–H and O–H groups in total. The van der Waals surface area contributed by atoms with Crippen LogP contribution < -0.4 is 0 Å². The van der Waals surface area contributed by atoms with Gasteiger partial charge in [0.25, 0.3) is 0 Å². The van der Waals surface area contributed by atoms with Crippen LogP contribution in [0.2, 0.25) is 0 Å². The van der Waals surface area contributed by atoms with Crippen LogP contribution in [0.3, 0.4) is 0 Å². The number of nitrogens with zero attached hydrogens (tertiary/aromatic N) is 2. The van der Waals surface area contributed by atoms with E-state index >= 15 is 0 Å². The van der Waals surface area contributed by atoms with Crippen molar-refractivity contribution in [3.8, 4) is 0 Å². The van der Waals surface area contributed by atoms with E-state index in [1.165, 1.54) is 0 Å². The fraction of sp³-hybridized carbons (Fsp3) is 0.368. The molecule has 0 aliphatic carbocycles. The first-order chi connectivity index (χ1) is 11.0. The number of carbonyl (C=O) groups is 2. The molecule has 1 aromatic heterocycles. The Hall–Kier alpha value is -2.20. The molecule has 0 amide bonds. The highest BCUT2D eigenvalue weighted by Crippen LogP contribution is 2.16. The lowest BCUT2D eigenvalue weighted by atomic mass is 10.0. The summed E-state index contributed by atoms with van der Waals surface area (Å²) < 4.78 is 1.76. The van der Waals surface area contributed by atoms with Crippen LogP contribution in [0.1, 0.15) is 44.8 Å². The molecule has 1 fully saturated rings. The third-order valence-electron chi connectivity index (χ3n) is 4.43. The van der Waals surface area contributed by atoms with Crippen molar-refractivity contribution < 1.29 is 9.59 Å². The molecule has 1 aliphatic rings. The van der Waals surface area contributed by atoms with Crippen molar-refractivity contribution in [2.24, 2.45) is 7.05 Å². The SMILES string of the molecule is Cc1ccc(C(=O)c2cc(C(=O)CN3CCCC3)n(C)c2)cc1. The van der Waals surface area contributed by atoms with Gasteiger partial charge in [-0.15, -0.1) is 0 Å².